The van der Waals surface area contributed by atoms with Crippen LogP contribution in [0.1, 0.15) is 79.6 Å². The Bertz CT molecular complexity index is 1230. The lowest BCUT2D eigenvalue weighted by Crippen LogP contribution is -2.33. The molecule has 2 amide bonds. The molecule has 198 valence electrons. The van der Waals surface area contributed by atoms with E-state index in [-0.39, 0.29) is 23.3 Å². The maximum Gasteiger partial charge on any atom is 0.279 e. The van der Waals surface area contributed by atoms with Crippen molar-refractivity contribution in [3.8, 4) is 16.7 Å². The number of ether oxygens (including phenoxy) is 2. The molecule has 1 aliphatic carbocycles. The Hall–Kier alpha value is -3.13. The van der Waals surface area contributed by atoms with Crippen molar-refractivity contribution < 1.29 is 19.1 Å². The van der Waals surface area contributed by atoms with E-state index < -0.39 is 0 Å². The number of hydrogen-bond acceptors (Lipinski definition) is 6. The highest BCUT2D eigenvalue weighted by Gasteiger charge is 2.33. The van der Waals surface area contributed by atoms with Gasteiger partial charge in [0.15, 0.2) is 0 Å². The highest BCUT2D eigenvalue weighted by Crippen LogP contribution is 2.37. The van der Waals surface area contributed by atoms with Crippen LogP contribution in [0.2, 0.25) is 0 Å². The molecule has 37 heavy (non-hydrogen) atoms. The van der Waals surface area contributed by atoms with Gasteiger partial charge in [0.25, 0.3) is 17.0 Å². The van der Waals surface area contributed by atoms with Crippen LogP contribution in [0.15, 0.2) is 42.1 Å². The number of allylic oxidation sites excluding steroid dienone is 3. The van der Waals surface area contributed by atoms with Crippen LogP contribution in [0.4, 0.5) is 0 Å². The summed E-state index contributed by atoms with van der Waals surface area (Å²) in [6.45, 7) is 11.0. The third-order valence-corrected chi connectivity index (χ3v) is 7.32. The number of carbonyl (C=O) groups excluding carboxylic acids is 2. The zero-order valence-corrected chi connectivity index (χ0v) is 23.4. The molecule has 1 aromatic heterocycles. The van der Waals surface area contributed by atoms with Gasteiger partial charge >= 0.3 is 0 Å². The standard InChI is InChI=1S/C29H37N3O4S/c1-7-8-19-9-11-21(12-10-19)30-26(33)20-13-22(35-18(2)3)15-23(14-20)36-28-31-24-16-29(4,5)17-32(6)27(34)25(24)37-28/h9,11-15,18-19H,7-8,10,16-17H2,1-6H3,(H,30,33). The summed E-state index contributed by atoms with van der Waals surface area (Å²) in [5, 5.41) is 3.37. The molecule has 0 spiro atoms. The van der Waals surface area contributed by atoms with Crippen LogP contribution in [0.3, 0.4) is 0 Å². The second-order valence-corrected chi connectivity index (χ2v) is 11.9. The van der Waals surface area contributed by atoms with E-state index in [1.165, 1.54) is 11.3 Å². The third kappa shape index (κ3) is 6.80. The molecule has 2 aromatic rings. The first kappa shape index (κ1) is 26.9. The highest BCUT2D eigenvalue weighted by atomic mass is 32.1. The maximum atomic E-state index is 13.2. The van der Waals surface area contributed by atoms with Gasteiger partial charge in [-0.3, -0.25) is 9.59 Å². The second-order valence-electron chi connectivity index (χ2n) is 11.0. The molecule has 1 atom stereocenters. The van der Waals surface area contributed by atoms with E-state index in [9.17, 15) is 9.59 Å². The van der Waals surface area contributed by atoms with E-state index in [4.69, 9.17) is 9.47 Å². The van der Waals surface area contributed by atoms with Crippen molar-refractivity contribution in [1.82, 2.24) is 15.2 Å². The van der Waals surface area contributed by atoms with E-state index in [0.717, 1.165) is 30.7 Å². The van der Waals surface area contributed by atoms with Gasteiger partial charge in [-0.2, -0.15) is 0 Å². The van der Waals surface area contributed by atoms with Crippen LogP contribution < -0.4 is 14.8 Å². The summed E-state index contributed by atoms with van der Waals surface area (Å²) >= 11 is 1.24. The molecule has 1 unspecified atom stereocenters. The van der Waals surface area contributed by atoms with E-state index >= 15 is 0 Å². The molecule has 0 saturated carbocycles. The summed E-state index contributed by atoms with van der Waals surface area (Å²) in [5.41, 5.74) is 1.89. The van der Waals surface area contributed by atoms with Crippen molar-refractivity contribution in [3.63, 3.8) is 0 Å². The molecule has 0 bridgehead atoms. The third-order valence-electron chi connectivity index (χ3n) is 6.35. The first-order chi connectivity index (χ1) is 17.5. The summed E-state index contributed by atoms with van der Waals surface area (Å²) < 4.78 is 12.0. The van der Waals surface area contributed by atoms with E-state index in [2.05, 4.69) is 43.2 Å². The molecule has 8 heteroatoms. The van der Waals surface area contributed by atoms with Gasteiger partial charge in [-0.25, -0.2) is 4.98 Å². The average molecular weight is 524 g/mol. The number of amides is 2. The van der Waals surface area contributed by atoms with Crippen LogP contribution >= 0.6 is 11.3 Å². The number of aromatic nitrogens is 1. The monoisotopic (exact) mass is 523 g/mol. The van der Waals surface area contributed by atoms with Crippen LogP contribution in [0, 0.1) is 11.3 Å². The number of benzene rings is 1. The second kappa shape index (κ2) is 11.1. The molecule has 7 nitrogen and oxygen atoms in total. The minimum atomic E-state index is -0.239. The maximum absolute atomic E-state index is 13.2. The van der Waals surface area contributed by atoms with Crippen LogP contribution in [-0.2, 0) is 6.42 Å². The van der Waals surface area contributed by atoms with E-state index in [0.29, 0.717) is 46.0 Å². The minimum absolute atomic E-state index is 0.0418. The number of nitrogens with one attached hydrogen (secondary N) is 1. The van der Waals surface area contributed by atoms with Crippen LogP contribution in [-0.4, -0.2) is 41.4 Å². The molecule has 2 heterocycles. The Labute approximate surface area is 223 Å². The fraction of sp³-hybridized carbons (Fsp3) is 0.483. The smallest absolute Gasteiger partial charge is 0.279 e. The van der Waals surface area contributed by atoms with E-state index in [1.54, 1.807) is 23.1 Å². The van der Waals surface area contributed by atoms with Gasteiger partial charge in [0.05, 0.1) is 11.8 Å². The molecule has 4 rings (SSSR count). The Morgan fingerprint density at radius 2 is 2.03 bits per heavy atom. The summed E-state index contributed by atoms with van der Waals surface area (Å²) in [5.74, 6) is 1.21. The predicted molar refractivity (Wildman–Crippen MR) is 147 cm³/mol. The minimum Gasteiger partial charge on any atom is -0.491 e. The van der Waals surface area contributed by atoms with Gasteiger partial charge in [-0.05, 0) is 62.7 Å². The van der Waals surface area contributed by atoms with Gasteiger partial charge in [0.2, 0.25) is 0 Å². The Morgan fingerprint density at radius 1 is 1.27 bits per heavy atom. The van der Waals surface area contributed by atoms with Gasteiger partial charge in [-0.1, -0.05) is 50.7 Å². The number of rotatable bonds is 8. The lowest BCUT2D eigenvalue weighted by atomic mass is 9.88. The van der Waals surface area contributed by atoms with Crippen molar-refractivity contribution in [3.05, 3.63) is 58.3 Å². The Kier molecular flexibility index (Phi) is 8.07. The molecule has 1 aromatic carbocycles. The normalized spacial score (nSPS) is 18.8. The number of carbonyl (C=O) groups is 2. The lowest BCUT2D eigenvalue weighted by molar-refractivity contribution is 0.0757. The first-order valence-electron chi connectivity index (χ1n) is 13.0. The molecule has 1 N–H and O–H groups in total. The van der Waals surface area contributed by atoms with E-state index in [1.807, 2.05) is 27.0 Å². The fourth-order valence-electron chi connectivity index (χ4n) is 4.81. The van der Waals surface area contributed by atoms with Crippen molar-refractivity contribution in [1.29, 1.82) is 0 Å². The van der Waals surface area contributed by atoms with Crippen LogP contribution in [0.5, 0.6) is 16.7 Å². The van der Waals surface area contributed by atoms with Crippen molar-refractivity contribution in [2.75, 3.05) is 13.6 Å². The largest absolute Gasteiger partial charge is 0.491 e. The number of thiazole rings is 1. The predicted octanol–water partition coefficient (Wildman–Crippen LogP) is 6.37. The van der Waals surface area contributed by atoms with Gasteiger partial charge < -0.3 is 19.7 Å². The number of hydrogen-bond donors (Lipinski definition) is 1. The molecule has 2 aliphatic rings. The topological polar surface area (TPSA) is 80.8 Å². The molecular formula is C29H37N3O4S. The Balaban J connectivity index is 1.57. The molecular weight excluding hydrogens is 486 g/mol. The number of fused-ring (bicyclic) bond motifs is 1. The summed E-state index contributed by atoms with van der Waals surface area (Å²) in [6, 6.07) is 5.14. The molecule has 0 radical (unpaired) electrons. The SMILES string of the molecule is CCCC1C=CC(NC(=O)c2cc(Oc3nc4c(s3)C(=O)N(C)CC(C)(C)C4)cc(OC(C)C)c2)=CC1. The molecule has 0 saturated heterocycles. The highest BCUT2D eigenvalue weighted by molar-refractivity contribution is 7.15. The quantitative estimate of drug-likeness (QED) is 0.435. The zero-order valence-electron chi connectivity index (χ0n) is 22.6. The molecule has 1 aliphatic heterocycles. The van der Waals surface area contributed by atoms with Crippen molar-refractivity contribution >= 4 is 23.2 Å². The molecule has 0 fully saturated rings. The van der Waals surface area contributed by atoms with Crippen molar-refractivity contribution in [2.45, 2.75) is 66.4 Å². The average Bonchev–Trinajstić information content (AvgIpc) is 3.16. The van der Waals surface area contributed by atoms with Gasteiger partial charge in [0.1, 0.15) is 16.4 Å². The summed E-state index contributed by atoms with van der Waals surface area (Å²) in [7, 11) is 1.82. The number of nitrogens with zero attached hydrogens (tertiary/aromatic N) is 2. The van der Waals surface area contributed by atoms with Gasteiger partial charge in [0, 0.05) is 30.9 Å². The van der Waals surface area contributed by atoms with Gasteiger partial charge in [-0.15, -0.1) is 0 Å². The summed E-state index contributed by atoms with van der Waals surface area (Å²) in [6.07, 6.45) is 10.0. The first-order valence-corrected chi connectivity index (χ1v) is 13.8. The fourth-order valence-corrected chi connectivity index (χ4v) is 5.75. The van der Waals surface area contributed by atoms with Crippen molar-refractivity contribution in [2.24, 2.45) is 11.3 Å². The Morgan fingerprint density at radius 3 is 2.70 bits per heavy atom. The summed E-state index contributed by atoms with van der Waals surface area (Å²) in [4.78, 5) is 33.1. The lowest BCUT2D eigenvalue weighted by Gasteiger charge is -2.26. The zero-order chi connectivity index (χ0) is 26.7. The van der Waals surface area contributed by atoms with Crippen LogP contribution in [0.25, 0.3) is 0 Å².